The van der Waals surface area contributed by atoms with Crippen molar-refractivity contribution in [2.24, 2.45) is 0 Å². The molecule has 1 heterocycles. The summed E-state index contributed by atoms with van der Waals surface area (Å²) in [5.41, 5.74) is 0.221. The second-order valence-corrected chi connectivity index (χ2v) is 5.79. The van der Waals surface area contributed by atoms with Gasteiger partial charge in [-0.05, 0) is 39.7 Å². The van der Waals surface area contributed by atoms with E-state index in [1.54, 1.807) is 0 Å². The summed E-state index contributed by atoms with van der Waals surface area (Å²) in [6.07, 6.45) is 4.45. The smallest absolute Gasteiger partial charge is 0.0730 e. The van der Waals surface area contributed by atoms with Crippen molar-refractivity contribution in [2.45, 2.75) is 57.7 Å². The van der Waals surface area contributed by atoms with Gasteiger partial charge in [0.05, 0.1) is 12.7 Å². The van der Waals surface area contributed by atoms with E-state index in [1.165, 1.54) is 19.3 Å². The Balaban J connectivity index is 1.92. The fourth-order valence-corrected chi connectivity index (χ4v) is 3.24. The lowest BCUT2D eigenvalue weighted by Crippen LogP contribution is -2.56. The highest BCUT2D eigenvalue weighted by Crippen LogP contribution is 2.30. The Morgan fingerprint density at radius 2 is 2.19 bits per heavy atom. The van der Waals surface area contributed by atoms with E-state index in [0.29, 0.717) is 12.1 Å². The van der Waals surface area contributed by atoms with Gasteiger partial charge in [0.15, 0.2) is 0 Å². The molecule has 0 amide bonds. The molecule has 2 atom stereocenters. The predicted octanol–water partition coefficient (Wildman–Crippen LogP) is 1.63. The van der Waals surface area contributed by atoms with Crippen LogP contribution in [0.4, 0.5) is 0 Å². The van der Waals surface area contributed by atoms with E-state index in [1.807, 2.05) is 0 Å². The zero-order chi connectivity index (χ0) is 11.6. The van der Waals surface area contributed by atoms with E-state index in [2.05, 4.69) is 31.0 Å². The maximum atomic E-state index is 5.84. The molecule has 2 rings (SSSR count). The van der Waals surface area contributed by atoms with Crippen molar-refractivity contribution >= 4 is 0 Å². The Morgan fingerprint density at radius 1 is 1.38 bits per heavy atom. The van der Waals surface area contributed by atoms with Gasteiger partial charge in [-0.3, -0.25) is 4.90 Å². The number of ether oxygens (including phenoxy) is 1. The Morgan fingerprint density at radius 3 is 2.94 bits per heavy atom. The van der Waals surface area contributed by atoms with Crippen LogP contribution in [0.3, 0.4) is 0 Å². The number of rotatable bonds is 4. The van der Waals surface area contributed by atoms with Crippen LogP contribution in [-0.4, -0.2) is 48.8 Å². The number of fused-ring (bicyclic) bond motifs is 1. The van der Waals surface area contributed by atoms with Crippen LogP contribution < -0.4 is 5.32 Å². The lowest BCUT2D eigenvalue weighted by Gasteiger charge is -2.42. The topological polar surface area (TPSA) is 24.5 Å². The molecule has 94 valence electrons. The maximum Gasteiger partial charge on any atom is 0.0730 e. The Hall–Kier alpha value is -0.120. The minimum atomic E-state index is 0.221. The standard InChI is InChI=1S/C13H26N2O/c1-4-14-13(2,3)10-15-8-9-16-12-7-5-6-11(12)15/h11-12,14H,4-10H2,1-3H3. The summed E-state index contributed by atoms with van der Waals surface area (Å²) in [5, 5.41) is 3.57. The van der Waals surface area contributed by atoms with E-state index in [4.69, 9.17) is 4.74 Å². The Labute approximate surface area is 99.5 Å². The third-order valence-electron chi connectivity index (χ3n) is 3.85. The molecule has 3 nitrogen and oxygen atoms in total. The first kappa shape index (κ1) is 12.3. The predicted molar refractivity (Wildman–Crippen MR) is 66.7 cm³/mol. The van der Waals surface area contributed by atoms with Crippen LogP contribution >= 0.6 is 0 Å². The van der Waals surface area contributed by atoms with E-state index in [0.717, 1.165) is 26.2 Å². The number of morpholine rings is 1. The summed E-state index contributed by atoms with van der Waals surface area (Å²) >= 11 is 0. The minimum Gasteiger partial charge on any atom is -0.375 e. The van der Waals surface area contributed by atoms with Gasteiger partial charge in [0.2, 0.25) is 0 Å². The molecule has 0 aromatic heterocycles. The summed E-state index contributed by atoms with van der Waals surface area (Å²) in [6, 6.07) is 0.687. The SMILES string of the molecule is CCNC(C)(C)CN1CCOC2CCCC21. The van der Waals surface area contributed by atoms with Gasteiger partial charge in [0, 0.05) is 24.7 Å². The third kappa shape index (κ3) is 2.76. The molecule has 0 aromatic carbocycles. The lowest BCUT2D eigenvalue weighted by molar-refractivity contribution is -0.0620. The molecule has 3 heteroatoms. The van der Waals surface area contributed by atoms with Crippen molar-refractivity contribution in [3.05, 3.63) is 0 Å². The van der Waals surface area contributed by atoms with E-state index < -0.39 is 0 Å². The summed E-state index contributed by atoms with van der Waals surface area (Å²) in [4.78, 5) is 2.64. The van der Waals surface area contributed by atoms with Gasteiger partial charge in [0.1, 0.15) is 0 Å². The average molecular weight is 226 g/mol. The van der Waals surface area contributed by atoms with Crippen molar-refractivity contribution < 1.29 is 4.74 Å². The summed E-state index contributed by atoms with van der Waals surface area (Å²) < 4.78 is 5.84. The maximum absolute atomic E-state index is 5.84. The van der Waals surface area contributed by atoms with E-state index >= 15 is 0 Å². The van der Waals surface area contributed by atoms with Crippen molar-refractivity contribution in [1.82, 2.24) is 10.2 Å². The first-order valence-corrected chi connectivity index (χ1v) is 6.73. The Kier molecular flexibility index (Phi) is 3.88. The Bertz CT molecular complexity index is 230. The van der Waals surface area contributed by atoms with Crippen LogP contribution in [0.1, 0.15) is 40.0 Å². The summed E-state index contributed by atoms with van der Waals surface area (Å²) in [6.45, 7) is 11.0. The molecule has 2 fully saturated rings. The van der Waals surface area contributed by atoms with Crippen LogP contribution in [0.15, 0.2) is 0 Å². The van der Waals surface area contributed by atoms with Gasteiger partial charge in [-0.15, -0.1) is 0 Å². The van der Waals surface area contributed by atoms with Crippen LogP contribution in [0.2, 0.25) is 0 Å². The summed E-state index contributed by atoms with van der Waals surface area (Å²) in [5.74, 6) is 0. The molecule has 16 heavy (non-hydrogen) atoms. The minimum absolute atomic E-state index is 0.221. The molecular weight excluding hydrogens is 200 g/mol. The molecular formula is C13H26N2O. The molecule has 2 unspecified atom stereocenters. The second kappa shape index (κ2) is 5.03. The fourth-order valence-electron chi connectivity index (χ4n) is 3.24. The first-order chi connectivity index (χ1) is 7.62. The zero-order valence-electron chi connectivity index (χ0n) is 11.0. The highest BCUT2D eigenvalue weighted by molar-refractivity contribution is 4.93. The molecule has 0 aromatic rings. The van der Waals surface area contributed by atoms with Gasteiger partial charge in [-0.25, -0.2) is 0 Å². The monoisotopic (exact) mass is 226 g/mol. The van der Waals surface area contributed by atoms with Gasteiger partial charge in [-0.1, -0.05) is 6.92 Å². The van der Waals surface area contributed by atoms with Crippen LogP contribution in [0.25, 0.3) is 0 Å². The third-order valence-corrected chi connectivity index (χ3v) is 3.85. The number of hydrogen-bond donors (Lipinski definition) is 1. The normalized spacial score (nSPS) is 31.7. The molecule has 1 aliphatic heterocycles. The fraction of sp³-hybridized carbons (Fsp3) is 1.00. The van der Waals surface area contributed by atoms with Gasteiger partial charge in [-0.2, -0.15) is 0 Å². The number of nitrogens with one attached hydrogen (secondary N) is 1. The largest absolute Gasteiger partial charge is 0.375 e. The molecule has 2 aliphatic rings. The number of likely N-dealkylation sites (N-methyl/N-ethyl adjacent to an activating group) is 1. The molecule has 0 radical (unpaired) electrons. The molecule has 0 bridgehead atoms. The van der Waals surface area contributed by atoms with Crippen molar-refractivity contribution in [3.63, 3.8) is 0 Å². The van der Waals surface area contributed by atoms with E-state index in [-0.39, 0.29) is 5.54 Å². The molecule has 1 aliphatic carbocycles. The second-order valence-electron chi connectivity index (χ2n) is 5.79. The lowest BCUT2D eigenvalue weighted by atomic mass is 10.0. The average Bonchev–Trinajstić information content (AvgIpc) is 2.65. The van der Waals surface area contributed by atoms with Crippen molar-refractivity contribution in [3.8, 4) is 0 Å². The summed E-state index contributed by atoms with van der Waals surface area (Å²) in [7, 11) is 0. The van der Waals surface area contributed by atoms with Crippen molar-refractivity contribution in [1.29, 1.82) is 0 Å². The quantitative estimate of drug-likeness (QED) is 0.788. The number of hydrogen-bond acceptors (Lipinski definition) is 3. The van der Waals surface area contributed by atoms with Crippen LogP contribution in [-0.2, 0) is 4.74 Å². The zero-order valence-corrected chi connectivity index (χ0v) is 11.0. The number of nitrogens with zero attached hydrogens (tertiary/aromatic N) is 1. The van der Waals surface area contributed by atoms with Gasteiger partial charge in [0.25, 0.3) is 0 Å². The van der Waals surface area contributed by atoms with Gasteiger partial charge >= 0.3 is 0 Å². The highest BCUT2D eigenvalue weighted by atomic mass is 16.5. The van der Waals surface area contributed by atoms with Crippen molar-refractivity contribution in [2.75, 3.05) is 26.2 Å². The molecule has 1 saturated carbocycles. The first-order valence-electron chi connectivity index (χ1n) is 6.73. The van der Waals surface area contributed by atoms with Crippen LogP contribution in [0.5, 0.6) is 0 Å². The van der Waals surface area contributed by atoms with E-state index in [9.17, 15) is 0 Å². The molecule has 1 N–H and O–H groups in total. The highest BCUT2D eigenvalue weighted by Gasteiger charge is 2.37. The van der Waals surface area contributed by atoms with Crippen LogP contribution in [0, 0.1) is 0 Å². The van der Waals surface area contributed by atoms with Gasteiger partial charge < -0.3 is 10.1 Å². The molecule has 1 saturated heterocycles. The molecule has 0 spiro atoms.